The molecule has 0 spiro atoms. The van der Waals surface area contributed by atoms with Gasteiger partial charge in [0.05, 0.1) is 40.2 Å². The number of carboxylic acids is 1. The van der Waals surface area contributed by atoms with Gasteiger partial charge >= 0.3 is 5.97 Å². The van der Waals surface area contributed by atoms with E-state index in [-0.39, 0.29) is 12.5 Å². The van der Waals surface area contributed by atoms with Gasteiger partial charge < -0.3 is 13.9 Å². The van der Waals surface area contributed by atoms with E-state index in [2.05, 4.69) is 61.4 Å². The van der Waals surface area contributed by atoms with Crippen molar-refractivity contribution in [2.45, 2.75) is 64.3 Å². The Kier molecular flexibility index (Phi) is 11.6. The molecule has 0 aliphatic carbocycles. The van der Waals surface area contributed by atoms with Gasteiger partial charge in [-0.2, -0.15) is 0 Å². The Morgan fingerprint density at radius 1 is 1.18 bits per heavy atom. The molecule has 160 valence electrons. The highest BCUT2D eigenvalue weighted by Crippen LogP contribution is 2.22. The number of benzene rings is 1. The van der Waals surface area contributed by atoms with Crippen LogP contribution in [0.3, 0.4) is 0 Å². The van der Waals surface area contributed by atoms with Gasteiger partial charge in [0.1, 0.15) is 0 Å². The molecule has 0 fully saturated rings. The molecular weight excluding hydrogens is 370 g/mol. The third kappa shape index (κ3) is 11.6. The Bertz CT molecular complexity index is 575. The number of hydrogen-bond donors (Lipinski definition) is 2. The number of aryl methyl sites for hydroxylation is 1. The van der Waals surface area contributed by atoms with Gasteiger partial charge in [0, 0.05) is 24.9 Å². The van der Waals surface area contributed by atoms with E-state index in [1.54, 1.807) is 0 Å². The second kappa shape index (κ2) is 13.1. The summed E-state index contributed by atoms with van der Waals surface area (Å²) in [5, 5.41) is 9.18. The van der Waals surface area contributed by atoms with Crippen LogP contribution in [0, 0.1) is 0 Å². The second-order valence-corrected chi connectivity index (χ2v) is 9.63. The molecule has 1 atom stereocenters. The van der Waals surface area contributed by atoms with Crippen LogP contribution >= 0.6 is 12.1 Å². The van der Waals surface area contributed by atoms with E-state index in [1.165, 1.54) is 56.2 Å². The van der Waals surface area contributed by atoms with Crippen LogP contribution in [0.15, 0.2) is 24.3 Å². The zero-order chi connectivity index (χ0) is 21.0. The maximum absolute atomic E-state index is 11.2. The summed E-state index contributed by atoms with van der Waals surface area (Å²) in [6.45, 7) is 3.01. The Hall–Kier alpha value is -1.24. The lowest BCUT2D eigenvalue weighted by atomic mass is 10.0. The van der Waals surface area contributed by atoms with Crippen LogP contribution in [0.1, 0.15) is 57.4 Å². The summed E-state index contributed by atoms with van der Waals surface area (Å²) < 4.78 is 6.15. The summed E-state index contributed by atoms with van der Waals surface area (Å²) in [7, 11) is 8.26. The molecule has 2 N–H and O–H groups in total. The van der Waals surface area contributed by atoms with Crippen molar-refractivity contribution < 1.29 is 14.4 Å². The fourth-order valence-electron chi connectivity index (χ4n) is 3.24. The number of likely N-dealkylation sites (N-methyl/N-ethyl adjacent to an activating group) is 1. The number of anilines is 1. The Balaban J connectivity index is 2.51. The zero-order valence-corrected chi connectivity index (χ0v) is 19.2. The topological polar surface area (TPSA) is 52.6 Å². The number of carboxylic acid groups (broad SMARTS) is 1. The summed E-state index contributed by atoms with van der Waals surface area (Å²) in [6.07, 6.45) is 9.12. The normalized spacial score (nSPS) is 12.8. The summed E-state index contributed by atoms with van der Waals surface area (Å²) in [5.74, 6) is -0.768. The van der Waals surface area contributed by atoms with Gasteiger partial charge in [0.2, 0.25) is 0 Å². The van der Waals surface area contributed by atoms with Crippen molar-refractivity contribution in [1.29, 1.82) is 0 Å². The average molecular weight is 411 g/mol. The molecule has 1 rings (SSSR count). The van der Waals surface area contributed by atoms with Crippen LogP contribution in [0.5, 0.6) is 0 Å². The molecule has 0 aromatic heterocycles. The first-order valence-corrected chi connectivity index (χ1v) is 11.3. The molecule has 28 heavy (non-hydrogen) atoms. The minimum Gasteiger partial charge on any atom is -0.481 e. The third-order valence-electron chi connectivity index (χ3n) is 4.64. The third-order valence-corrected chi connectivity index (χ3v) is 5.56. The maximum Gasteiger partial charge on any atom is 0.305 e. The molecule has 1 aromatic carbocycles. The maximum atomic E-state index is 11.2. The van der Waals surface area contributed by atoms with Crippen LogP contribution in [0.2, 0.25) is 0 Å². The molecule has 0 radical (unpaired) electrons. The molecule has 0 unspecified atom stereocenters. The summed E-state index contributed by atoms with van der Waals surface area (Å²) in [6, 6.07) is 8.57. The van der Waals surface area contributed by atoms with Gasteiger partial charge in [-0.1, -0.05) is 51.2 Å². The van der Waals surface area contributed by atoms with E-state index < -0.39 is 5.97 Å². The molecular formula is C22H40N3O2S+. The molecule has 0 amide bonds. The van der Waals surface area contributed by atoms with Crippen molar-refractivity contribution in [1.82, 2.24) is 4.72 Å². The van der Waals surface area contributed by atoms with E-state index in [9.17, 15) is 9.90 Å². The molecule has 0 bridgehead atoms. The highest BCUT2D eigenvalue weighted by atomic mass is 32.2. The monoisotopic (exact) mass is 410 g/mol. The van der Waals surface area contributed by atoms with E-state index >= 15 is 0 Å². The quantitative estimate of drug-likeness (QED) is 0.249. The van der Waals surface area contributed by atoms with Crippen molar-refractivity contribution in [3.05, 3.63) is 29.8 Å². The van der Waals surface area contributed by atoms with Gasteiger partial charge in [-0.15, -0.1) is 0 Å². The molecule has 1 aromatic rings. The SMILES string of the molecule is CCCCCCCCc1cccc(N(C)SN[C@H](CC(=O)O)C[N+](C)(C)C)c1. The highest BCUT2D eigenvalue weighted by molar-refractivity contribution is 7.98. The van der Waals surface area contributed by atoms with Gasteiger partial charge in [-0.25, -0.2) is 4.72 Å². The van der Waals surface area contributed by atoms with E-state index in [1.807, 2.05) is 7.05 Å². The zero-order valence-electron chi connectivity index (χ0n) is 18.4. The molecule has 0 heterocycles. The van der Waals surface area contributed by atoms with Crippen LogP contribution in [-0.2, 0) is 11.2 Å². The lowest BCUT2D eigenvalue weighted by molar-refractivity contribution is -0.871. The predicted octanol–water partition coefficient (Wildman–Crippen LogP) is 4.73. The fourth-order valence-corrected chi connectivity index (χ4v) is 3.92. The number of aliphatic carboxylic acids is 1. The largest absolute Gasteiger partial charge is 0.481 e. The van der Waals surface area contributed by atoms with Crippen molar-refractivity contribution in [3.8, 4) is 0 Å². The van der Waals surface area contributed by atoms with Gasteiger partial charge in [-0.05, 0) is 30.5 Å². The lowest BCUT2D eigenvalue weighted by Crippen LogP contribution is -2.46. The minimum atomic E-state index is -0.768. The smallest absolute Gasteiger partial charge is 0.305 e. The number of nitrogens with one attached hydrogen (secondary N) is 1. The summed E-state index contributed by atoms with van der Waals surface area (Å²) in [4.78, 5) is 11.2. The summed E-state index contributed by atoms with van der Waals surface area (Å²) >= 11 is 1.48. The van der Waals surface area contributed by atoms with Crippen LogP contribution < -0.4 is 9.03 Å². The number of unbranched alkanes of at least 4 members (excludes halogenated alkanes) is 5. The van der Waals surface area contributed by atoms with Gasteiger partial charge in [-0.3, -0.25) is 4.79 Å². The average Bonchev–Trinajstić information content (AvgIpc) is 2.61. The molecule has 0 aliphatic rings. The number of quaternary nitrogens is 1. The first-order valence-electron chi connectivity index (χ1n) is 10.5. The van der Waals surface area contributed by atoms with E-state index in [4.69, 9.17) is 0 Å². The molecule has 0 saturated carbocycles. The Morgan fingerprint density at radius 3 is 2.50 bits per heavy atom. The van der Waals surface area contributed by atoms with Crippen molar-refractivity contribution in [2.24, 2.45) is 0 Å². The summed E-state index contributed by atoms with van der Waals surface area (Å²) in [5.41, 5.74) is 2.51. The van der Waals surface area contributed by atoms with Crippen LogP contribution in [0.4, 0.5) is 5.69 Å². The first kappa shape index (κ1) is 24.8. The van der Waals surface area contributed by atoms with E-state index in [0.717, 1.165) is 23.1 Å². The van der Waals surface area contributed by atoms with Gasteiger partial charge in [0.25, 0.3) is 0 Å². The fraction of sp³-hybridized carbons (Fsp3) is 0.682. The second-order valence-electron chi connectivity index (χ2n) is 8.66. The number of carbonyl (C=O) groups is 1. The standard InChI is InChI=1S/C22H39N3O2S/c1-6-7-8-9-10-11-13-19-14-12-15-21(16-19)24(2)28-23-20(17-22(26)27)18-25(3,4)5/h12,14-16,20,23H,6-11,13,17-18H2,1-5H3/p+1/t20-/m1/s1. The first-order chi connectivity index (χ1) is 13.2. The van der Waals surface area contributed by atoms with E-state index in [0.29, 0.717) is 0 Å². The van der Waals surface area contributed by atoms with Crippen molar-refractivity contribution in [3.63, 3.8) is 0 Å². The molecule has 5 nitrogen and oxygen atoms in total. The molecule has 0 saturated heterocycles. The number of nitrogens with zero attached hydrogens (tertiary/aromatic N) is 2. The lowest BCUT2D eigenvalue weighted by Gasteiger charge is -2.30. The van der Waals surface area contributed by atoms with Crippen LogP contribution in [-0.4, -0.2) is 56.3 Å². The molecule has 6 heteroatoms. The highest BCUT2D eigenvalue weighted by Gasteiger charge is 2.21. The number of hydrogen-bond acceptors (Lipinski definition) is 4. The van der Waals surface area contributed by atoms with Crippen molar-refractivity contribution >= 4 is 23.8 Å². The van der Waals surface area contributed by atoms with Crippen molar-refractivity contribution in [2.75, 3.05) is 39.0 Å². The molecule has 0 aliphatic heterocycles. The van der Waals surface area contributed by atoms with Crippen LogP contribution in [0.25, 0.3) is 0 Å². The Labute approximate surface area is 176 Å². The Morgan fingerprint density at radius 2 is 1.86 bits per heavy atom. The number of rotatable bonds is 15. The van der Waals surface area contributed by atoms with Gasteiger partial charge in [0.15, 0.2) is 0 Å². The predicted molar refractivity (Wildman–Crippen MR) is 122 cm³/mol. The minimum absolute atomic E-state index is 0.0868.